The van der Waals surface area contributed by atoms with Crippen molar-refractivity contribution in [1.82, 2.24) is 0 Å². The molecule has 0 amide bonds. The van der Waals surface area contributed by atoms with E-state index in [0.717, 1.165) is 5.92 Å². The molecule has 0 spiro atoms. The Bertz CT molecular complexity index is 333. The molecule has 0 saturated carbocycles. The van der Waals surface area contributed by atoms with Crippen LogP contribution in [-0.2, 0) is 0 Å². The minimum Gasteiger partial charge on any atom is -0.0810 e. The van der Waals surface area contributed by atoms with Crippen molar-refractivity contribution in [3.05, 3.63) is 34.4 Å². The van der Waals surface area contributed by atoms with Gasteiger partial charge >= 0.3 is 0 Å². The maximum atomic E-state index is 2.32. The Hall–Kier alpha value is -0.780. The van der Waals surface area contributed by atoms with Crippen LogP contribution in [0.5, 0.6) is 0 Å². The van der Waals surface area contributed by atoms with Crippen LogP contribution in [0.25, 0.3) is 0 Å². The molecule has 0 aliphatic heterocycles. The smallest absolute Gasteiger partial charge is 0.00500 e. The van der Waals surface area contributed by atoms with Gasteiger partial charge in [-0.25, -0.2) is 0 Å². The topological polar surface area (TPSA) is 0 Å². The van der Waals surface area contributed by atoms with Crippen LogP contribution in [0.2, 0.25) is 0 Å². The van der Waals surface area contributed by atoms with Crippen LogP contribution in [0.15, 0.2) is 34.4 Å². The van der Waals surface area contributed by atoms with Crippen molar-refractivity contribution in [2.75, 3.05) is 0 Å². The number of hydrogen-bond donors (Lipinski definition) is 0. The lowest BCUT2D eigenvalue weighted by atomic mass is 9.96. The van der Waals surface area contributed by atoms with Gasteiger partial charge in [0, 0.05) is 0 Å². The van der Waals surface area contributed by atoms with E-state index in [1.807, 2.05) is 0 Å². The van der Waals surface area contributed by atoms with Gasteiger partial charge in [0.1, 0.15) is 0 Å². The average Bonchev–Trinajstić information content (AvgIpc) is 2.96. The first kappa shape index (κ1) is 10.7. The second-order valence-electron chi connectivity index (χ2n) is 5.11. The van der Waals surface area contributed by atoms with E-state index in [0.29, 0.717) is 0 Å². The van der Waals surface area contributed by atoms with Crippen molar-refractivity contribution >= 4 is 0 Å². The Morgan fingerprint density at radius 2 is 2.00 bits per heavy atom. The lowest BCUT2D eigenvalue weighted by Gasteiger charge is -2.10. The standard InChI is InChI=1S/C15H22/c1-11(7-8-14-9-10-14)13(3)15-6-4-5-12(15)2/h9-10,14H,4-8H2,1-3H3/b13-11+. The van der Waals surface area contributed by atoms with E-state index in [-0.39, 0.29) is 0 Å². The van der Waals surface area contributed by atoms with Crippen molar-refractivity contribution < 1.29 is 0 Å². The van der Waals surface area contributed by atoms with Gasteiger partial charge in [0.25, 0.3) is 0 Å². The highest BCUT2D eigenvalue weighted by molar-refractivity contribution is 5.38. The third-order valence-corrected chi connectivity index (χ3v) is 3.90. The third-order valence-electron chi connectivity index (χ3n) is 3.90. The second kappa shape index (κ2) is 4.38. The van der Waals surface area contributed by atoms with Gasteiger partial charge in [0.2, 0.25) is 0 Å². The number of allylic oxidation sites excluding steroid dienone is 6. The molecule has 0 saturated heterocycles. The molecule has 0 atom stereocenters. The Morgan fingerprint density at radius 1 is 1.27 bits per heavy atom. The molecule has 0 radical (unpaired) electrons. The van der Waals surface area contributed by atoms with E-state index in [1.54, 1.807) is 22.3 Å². The van der Waals surface area contributed by atoms with Crippen molar-refractivity contribution in [2.45, 2.75) is 52.9 Å². The third kappa shape index (κ3) is 2.62. The monoisotopic (exact) mass is 202 g/mol. The molecule has 2 rings (SSSR count). The first-order valence-corrected chi connectivity index (χ1v) is 6.22. The molecule has 0 aromatic heterocycles. The molecule has 0 aromatic rings. The quantitative estimate of drug-likeness (QED) is 0.575. The summed E-state index contributed by atoms with van der Waals surface area (Å²) in [6.07, 6.45) is 11.2. The fraction of sp³-hybridized carbons (Fsp3) is 0.600. The molecule has 0 heterocycles. The van der Waals surface area contributed by atoms with Gasteiger partial charge in [0.05, 0.1) is 0 Å². The molecule has 0 nitrogen and oxygen atoms in total. The zero-order valence-electron chi connectivity index (χ0n) is 10.3. The zero-order chi connectivity index (χ0) is 10.8. The Kier molecular flexibility index (Phi) is 3.14. The molecule has 2 aliphatic rings. The zero-order valence-corrected chi connectivity index (χ0v) is 10.3. The predicted molar refractivity (Wildman–Crippen MR) is 66.8 cm³/mol. The Balaban J connectivity index is 1.99. The van der Waals surface area contributed by atoms with Gasteiger partial charge in [-0.1, -0.05) is 23.3 Å². The predicted octanol–water partition coefficient (Wildman–Crippen LogP) is 4.79. The highest BCUT2D eigenvalue weighted by atomic mass is 14.2. The molecular formula is C15H22. The van der Waals surface area contributed by atoms with Gasteiger partial charge in [-0.2, -0.15) is 0 Å². The normalized spacial score (nSPS) is 22.3. The van der Waals surface area contributed by atoms with Crippen molar-refractivity contribution in [1.29, 1.82) is 0 Å². The Labute approximate surface area is 93.8 Å². The minimum atomic E-state index is 0.825. The Morgan fingerprint density at radius 3 is 2.53 bits per heavy atom. The summed E-state index contributed by atoms with van der Waals surface area (Å²) in [7, 11) is 0. The van der Waals surface area contributed by atoms with E-state index in [1.165, 1.54) is 32.1 Å². The highest BCUT2D eigenvalue weighted by Gasteiger charge is 2.15. The number of hydrogen-bond acceptors (Lipinski definition) is 0. The van der Waals surface area contributed by atoms with Crippen LogP contribution in [0, 0.1) is 5.92 Å². The van der Waals surface area contributed by atoms with Gasteiger partial charge in [0.15, 0.2) is 0 Å². The molecule has 0 bridgehead atoms. The van der Waals surface area contributed by atoms with Crippen molar-refractivity contribution in [2.24, 2.45) is 5.92 Å². The molecule has 15 heavy (non-hydrogen) atoms. The van der Waals surface area contributed by atoms with Crippen LogP contribution >= 0.6 is 0 Å². The summed E-state index contributed by atoms with van der Waals surface area (Å²) < 4.78 is 0. The summed E-state index contributed by atoms with van der Waals surface area (Å²) in [5, 5.41) is 0. The maximum Gasteiger partial charge on any atom is -0.00500 e. The average molecular weight is 202 g/mol. The molecule has 0 fully saturated rings. The first-order valence-electron chi connectivity index (χ1n) is 6.22. The molecule has 82 valence electrons. The molecule has 0 aromatic carbocycles. The fourth-order valence-electron chi connectivity index (χ4n) is 2.50. The summed E-state index contributed by atoms with van der Waals surface area (Å²) in [5.74, 6) is 0.825. The fourth-order valence-corrected chi connectivity index (χ4v) is 2.50. The summed E-state index contributed by atoms with van der Waals surface area (Å²) >= 11 is 0. The molecule has 0 heteroatoms. The molecule has 0 N–H and O–H groups in total. The van der Waals surface area contributed by atoms with Crippen LogP contribution in [0.1, 0.15) is 52.9 Å². The summed E-state index contributed by atoms with van der Waals surface area (Å²) in [6, 6.07) is 0. The van der Waals surface area contributed by atoms with Crippen molar-refractivity contribution in [3.63, 3.8) is 0 Å². The van der Waals surface area contributed by atoms with Gasteiger partial charge in [-0.15, -0.1) is 0 Å². The van der Waals surface area contributed by atoms with Gasteiger partial charge in [-0.05, 0) is 69.9 Å². The van der Waals surface area contributed by atoms with Crippen molar-refractivity contribution in [3.8, 4) is 0 Å². The number of rotatable bonds is 4. The lowest BCUT2D eigenvalue weighted by Crippen LogP contribution is -1.91. The summed E-state index contributed by atoms with van der Waals surface area (Å²) in [5.41, 5.74) is 6.50. The minimum absolute atomic E-state index is 0.825. The summed E-state index contributed by atoms with van der Waals surface area (Å²) in [6.45, 7) is 6.94. The van der Waals surface area contributed by atoms with E-state index in [2.05, 4.69) is 32.9 Å². The van der Waals surface area contributed by atoms with Gasteiger partial charge < -0.3 is 0 Å². The summed E-state index contributed by atoms with van der Waals surface area (Å²) in [4.78, 5) is 0. The molecular weight excluding hydrogens is 180 g/mol. The van der Waals surface area contributed by atoms with Crippen LogP contribution in [0.4, 0.5) is 0 Å². The SMILES string of the molecule is CC1=C(/C(C)=C(\C)CCC2C=C2)CCC1. The van der Waals surface area contributed by atoms with Crippen LogP contribution in [0.3, 0.4) is 0 Å². The molecule has 2 aliphatic carbocycles. The largest absolute Gasteiger partial charge is 0.0810 e. The van der Waals surface area contributed by atoms with Crippen LogP contribution in [-0.4, -0.2) is 0 Å². The van der Waals surface area contributed by atoms with E-state index >= 15 is 0 Å². The van der Waals surface area contributed by atoms with E-state index in [9.17, 15) is 0 Å². The second-order valence-corrected chi connectivity index (χ2v) is 5.11. The van der Waals surface area contributed by atoms with Gasteiger partial charge in [-0.3, -0.25) is 0 Å². The first-order chi connectivity index (χ1) is 7.18. The van der Waals surface area contributed by atoms with Crippen LogP contribution < -0.4 is 0 Å². The maximum absolute atomic E-state index is 2.32. The van der Waals surface area contributed by atoms with E-state index < -0.39 is 0 Å². The molecule has 0 unspecified atom stereocenters. The van der Waals surface area contributed by atoms with E-state index in [4.69, 9.17) is 0 Å². The lowest BCUT2D eigenvalue weighted by molar-refractivity contribution is 0.761. The highest BCUT2D eigenvalue weighted by Crippen LogP contribution is 2.34.